The summed E-state index contributed by atoms with van der Waals surface area (Å²) in [5.74, 6) is 0. The molecule has 0 radical (unpaired) electrons. The van der Waals surface area contributed by atoms with Crippen LogP contribution in [0.2, 0.25) is 0 Å². The van der Waals surface area contributed by atoms with Crippen molar-refractivity contribution in [2.45, 2.75) is 39.0 Å². The number of aryl methyl sites for hydroxylation is 3. The van der Waals surface area contributed by atoms with Crippen molar-refractivity contribution in [2.24, 2.45) is 0 Å². The van der Waals surface area contributed by atoms with Crippen molar-refractivity contribution in [3.63, 3.8) is 0 Å². The highest BCUT2D eigenvalue weighted by atomic mass is 32.2. The Morgan fingerprint density at radius 1 is 1.05 bits per heavy atom. The molecule has 0 atom stereocenters. The SMILES string of the molecule is CCNCCCNS(=O)(=O)c1c(C)cc(C)cc1C. The molecular formula is C14H24N2O2S. The predicted octanol–water partition coefficient (Wildman–Crippen LogP) is 1.89. The van der Waals surface area contributed by atoms with Crippen molar-refractivity contribution in [1.82, 2.24) is 10.0 Å². The van der Waals surface area contributed by atoms with E-state index in [2.05, 4.69) is 10.0 Å². The van der Waals surface area contributed by atoms with E-state index in [9.17, 15) is 8.42 Å². The summed E-state index contributed by atoms with van der Waals surface area (Å²) in [6.07, 6.45) is 0.789. The maximum Gasteiger partial charge on any atom is 0.241 e. The van der Waals surface area contributed by atoms with Crippen LogP contribution in [0.5, 0.6) is 0 Å². The minimum absolute atomic E-state index is 0.418. The van der Waals surface area contributed by atoms with Crippen LogP contribution in [0.15, 0.2) is 17.0 Å². The van der Waals surface area contributed by atoms with Crippen LogP contribution in [-0.2, 0) is 10.0 Å². The normalized spacial score (nSPS) is 11.8. The Balaban J connectivity index is 2.78. The number of sulfonamides is 1. The van der Waals surface area contributed by atoms with Gasteiger partial charge in [-0.3, -0.25) is 0 Å². The Bertz CT molecular complexity index is 501. The molecule has 4 nitrogen and oxygen atoms in total. The molecule has 0 spiro atoms. The van der Waals surface area contributed by atoms with Gasteiger partial charge in [0.05, 0.1) is 4.90 Å². The van der Waals surface area contributed by atoms with Gasteiger partial charge in [0.2, 0.25) is 10.0 Å². The molecule has 1 aromatic rings. The Hall–Kier alpha value is -0.910. The maximum atomic E-state index is 12.3. The minimum Gasteiger partial charge on any atom is -0.317 e. The van der Waals surface area contributed by atoms with Crippen LogP contribution in [0.4, 0.5) is 0 Å². The fraction of sp³-hybridized carbons (Fsp3) is 0.571. The Labute approximate surface area is 116 Å². The number of hydrogen-bond acceptors (Lipinski definition) is 3. The average molecular weight is 284 g/mol. The number of rotatable bonds is 7. The molecule has 2 N–H and O–H groups in total. The zero-order chi connectivity index (χ0) is 14.5. The smallest absolute Gasteiger partial charge is 0.241 e. The van der Waals surface area contributed by atoms with Gasteiger partial charge in [-0.15, -0.1) is 0 Å². The monoisotopic (exact) mass is 284 g/mol. The Morgan fingerprint density at radius 3 is 2.16 bits per heavy atom. The first-order valence-corrected chi connectivity index (χ1v) is 8.15. The second kappa shape index (κ2) is 7.03. The molecule has 0 aliphatic rings. The summed E-state index contributed by atoms with van der Waals surface area (Å²) < 4.78 is 27.2. The van der Waals surface area contributed by atoms with Gasteiger partial charge in [-0.05, 0) is 51.4 Å². The molecule has 0 amide bonds. The molecule has 1 aromatic carbocycles. The van der Waals surface area contributed by atoms with Crippen LogP contribution in [0.3, 0.4) is 0 Å². The van der Waals surface area contributed by atoms with E-state index in [1.165, 1.54) is 0 Å². The molecule has 0 heterocycles. The topological polar surface area (TPSA) is 58.2 Å². The minimum atomic E-state index is -3.40. The second-order valence-corrected chi connectivity index (χ2v) is 6.54. The molecular weight excluding hydrogens is 260 g/mol. The van der Waals surface area contributed by atoms with Crippen molar-refractivity contribution in [3.05, 3.63) is 28.8 Å². The molecule has 19 heavy (non-hydrogen) atoms. The summed E-state index contributed by atoms with van der Waals surface area (Å²) in [6.45, 7) is 9.87. The molecule has 0 aliphatic heterocycles. The van der Waals surface area contributed by atoms with Crippen LogP contribution < -0.4 is 10.0 Å². The van der Waals surface area contributed by atoms with E-state index < -0.39 is 10.0 Å². The predicted molar refractivity (Wildman–Crippen MR) is 79.0 cm³/mol. The summed E-state index contributed by atoms with van der Waals surface area (Å²) >= 11 is 0. The van der Waals surface area contributed by atoms with Crippen molar-refractivity contribution in [3.8, 4) is 0 Å². The quantitative estimate of drug-likeness (QED) is 0.752. The molecule has 0 saturated heterocycles. The van der Waals surface area contributed by atoms with Crippen LogP contribution in [0.1, 0.15) is 30.0 Å². The summed E-state index contributed by atoms with van der Waals surface area (Å²) in [6, 6.07) is 3.81. The Morgan fingerprint density at radius 2 is 1.63 bits per heavy atom. The van der Waals surface area contributed by atoms with E-state index in [0.717, 1.165) is 36.2 Å². The van der Waals surface area contributed by atoms with Gasteiger partial charge >= 0.3 is 0 Å². The molecule has 0 bridgehead atoms. The number of nitrogens with one attached hydrogen (secondary N) is 2. The van der Waals surface area contributed by atoms with E-state index in [-0.39, 0.29) is 0 Å². The van der Waals surface area contributed by atoms with Gasteiger partial charge in [0.15, 0.2) is 0 Å². The molecule has 5 heteroatoms. The van der Waals surface area contributed by atoms with Crippen molar-refractivity contribution in [2.75, 3.05) is 19.6 Å². The first kappa shape index (κ1) is 16.1. The molecule has 0 aliphatic carbocycles. The first-order chi connectivity index (χ1) is 8.88. The molecule has 1 rings (SSSR count). The van der Waals surface area contributed by atoms with Gasteiger partial charge in [0.25, 0.3) is 0 Å². The molecule has 0 saturated carbocycles. The van der Waals surface area contributed by atoms with Crippen LogP contribution in [-0.4, -0.2) is 28.1 Å². The van der Waals surface area contributed by atoms with Gasteiger partial charge in [-0.2, -0.15) is 0 Å². The summed E-state index contributed by atoms with van der Waals surface area (Å²) in [5, 5.41) is 3.17. The molecule has 0 unspecified atom stereocenters. The zero-order valence-corrected chi connectivity index (χ0v) is 13.0. The lowest BCUT2D eigenvalue weighted by molar-refractivity contribution is 0.574. The fourth-order valence-electron chi connectivity index (χ4n) is 2.26. The largest absolute Gasteiger partial charge is 0.317 e. The average Bonchev–Trinajstić information content (AvgIpc) is 2.26. The van der Waals surface area contributed by atoms with Gasteiger partial charge in [-0.25, -0.2) is 13.1 Å². The highest BCUT2D eigenvalue weighted by Gasteiger charge is 2.18. The summed E-state index contributed by atoms with van der Waals surface area (Å²) in [5.41, 5.74) is 2.69. The molecule has 108 valence electrons. The van der Waals surface area contributed by atoms with E-state index in [1.54, 1.807) is 0 Å². The van der Waals surface area contributed by atoms with E-state index >= 15 is 0 Å². The third kappa shape index (κ3) is 4.60. The first-order valence-electron chi connectivity index (χ1n) is 6.66. The van der Waals surface area contributed by atoms with Crippen molar-refractivity contribution < 1.29 is 8.42 Å². The number of benzene rings is 1. The molecule has 0 aromatic heterocycles. The van der Waals surface area contributed by atoms with Gasteiger partial charge in [-0.1, -0.05) is 24.6 Å². The van der Waals surface area contributed by atoms with Gasteiger partial charge < -0.3 is 5.32 Å². The van der Waals surface area contributed by atoms with Crippen molar-refractivity contribution in [1.29, 1.82) is 0 Å². The molecule has 0 fully saturated rings. The van der Waals surface area contributed by atoms with E-state index in [1.807, 2.05) is 39.8 Å². The third-order valence-electron chi connectivity index (χ3n) is 2.95. The van der Waals surface area contributed by atoms with E-state index in [4.69, 9.17) is 0 Å². The number of hydrogen-bond donors (Lipinski definition) is 2. The lowest BCUT2D eigenvalue weighted by Crippen LogP contribution is -2.28. The van der Waals surface area contributed by atoms with Gasteiger partial charge in [0.1, 0.15) is 0 Å². The standard InChI is InChI=1S/C14H24N2O2S/c1-5-15-7-6-8-16-19(17,18)14-12(3)9-11(2)10-13(14)4/h9-10,15-16H,5-8H2,1-4H3. The zero-order valence-electron chi connectivity index (χ0n) is 12.2. The van der Waals surface area contributed by atoms with E-state index in [0.29, 0.717) is 11.4 Å². The van der Waals surface area contributed by atoms with Crippen LogP contribution in [0, 0.1) is 20.8 Å². The second-order valence-electron chi connectivity index (χ2n) is 4.83. The highest BCUT2D eigenvalue weighted by Crippen LogP contribution is 2.21. The van der Waals surface area contributed by atoms with Crippen molar-refractivity contribution >= 4 is 10.0 Å². The lowest BCUT2D eigenvalue weighted by Gasteiger charge is -2.13. The fourth-order valence-corrected chi connectivity index (χ4v) is 3.78. The highest BCUT2D eigenvalue weighted by molar-refractivity contribution is 7.89. The third-order valence-corrected chi connectivity index (χ3v) is 4.71. The summed E-state index contributed by atoms with van der Waals surface area (Å²) in [4.78, 5) is 0.418. The maximum absolute atomic E-state index is 12.3. The summed E-state index contributed by atoms with van der Waals surface area (Å²) in [7, 11) is -3.40. The van der Waals surface area contributed by atoms with Crippen LogP contribution in [0.25, 0.3) is 0 Å². The lowest BCUT2D eigenvalue weighted by atomic mass is 10.1. The van der Waals surface area contributed by atoms with Crippen LogP contribution >= 0.6 is 0 Å². The Kier molecular flexibility index (Phi) is 5.97. The van der Waals surface area contributed by atoms with Gasteiger partial charge in [0, 0.05) is 6.54 Å².